The Morgan fingerprint density at radius 3 is 2.39 bits per heavy atom. The molecular formula is C25H29NO12. The van der Waals surface area contributed by atoms with Crippen LogP contribution in [0.25, 0.3) is 11.0 Å². The molecule has 2 N–H and O–H groups in total. The highest BCUT2D eigenvalue weighted by molar-refractivity contribution is 5.97. The van der Waals surface area contributed by atoms with Gasteiger partial charge in [-0.2, -0.15) is 0 Å². The van der Waals surface area contributed by atoms with Crippen LogP contribution in [-0.2, 0) is 39.9 Å². The minimum Gasteiger partial charge on any atom is -0.464 e. The maximum absolute atomic E-state index is 12.5. The smallest absolute Gasteiger partial charge is 0.349 e. The molecular weight excluding hydrogens is 506 g/mol. The first kappa shape index (κ1) is 28.6. The Balaban J connectivity index is 1.95. The first-order chi connectivity index (χ1) is 18.0. The molecule has 1 amide bonds. The van der Waals surface area contributed by atoms with Gasteiger partial charge in [0.15, 0.2) is 6.10 Å². The standard InChI is InChI=1S/C25H29NO12/c1-5-26-24(31)16-8-15-6-7-18(17(10-27)22(15)38-25(16)32)36-21-9-19(34-13(3)29)23(35-14(4)30)20(37-21)11-33-12(2)28/h6-8,19-21,23,27H,5,9-11H2,1-4H3,(H,26,31)/t19-,20-,21?,23-/m1/s1. The molecule has 1 fully saturated rings. The molecule has 4 atom stereocenters. The van der Waals surface area contributed by atoms with Crippen molar-refractivity contribution in [3.05, 3.63) is 39.7 Å². The summed E-state index contributed by atoms with van der Waals surface area (Å²) in [5.74, 6) is -2.44. The normalized spacial score (nSPS) is 20.9. The van der Waals surface area contributed by atoms with Crippen molar-refractivity contribution in [1.82, 2.24) is 5.32 Å². The average Bonchev–Trinajstić information content (AvgIpc) is 2.83. The van der Waals surface area contributed by atoms with E-state index in [-0.39, 0.29) is 35.5 Å². The first-order valence-electron chi connectivity index (χ1n) is 11.8. The van der Waals surface area contributed by atoms with Crippen molar-refractivity contribution in [2.45, 2.75) is 65.3 Å². The Bertz CT molecular complexity index is 1270. The minimum absolute atomic E-state index is 0.00430. The van der Waals surface area contributed by atoms with Crippen LogP contribution in [0.1, 0.15) is 50.0 Å². The van der Waals surface area contributed by atoms with Crippen molar-refractivity contribution >= 4 is 34.8 Å². The molecule has 2 heterocycles. The molecule has 0 saturated carbocycles. The van der Waals surface area contributed by atoms with Gasteiger partial charge < -0.3 is 38.5 Å². The van der Waals surface area contributed by atoms with Gasteiger partial charge in [0.1, 0.15) is 35.7 Å². The van der Waals surface area contributed by atoms with Crippen LogP contribution < -0.4 is 15.7 Å². The molecule has 1 aromatic carbocycles. The summed E-state index contributed by atoms with van der Waals surface area (Å²) < 4.78 is 32.9. The third kappa shape index (κ3) is 6.86. The summed E-state index contributed by atoms with van der Waals surface area (Å²) in [4.78, 5) is 59.4. The molecule has 13 heteroatoms. The number of amides is 1. The minimum atomic E-state index is -1.12. The number of nitrogens with one attached hydrogen (secondary N) is 1. The average molecular weight is 536 g/mol. The molecule has 1 saturated heterocycles. The van der Waals surface area contributed by atoms with E-state index < -0.39 is 60.6 Å². The molecule has 1 unspecified atom stereocenters. The van der Waals surface area contributed by atoms with Gasteiger partial charge in [0.05, 0.1) is 18.6 Å². The Labute approximate surface area is 216 Å². The van der Waals surface area contributed by atoms with E-state index in [4.69, 9.17) is 28.1 Å². The van der Waals surface area contributed by atoms with E-state index in [9.17, 15) is 29.1 Å². The van der Waals surface area contributed by atoms with Gasteiger partial charge in [0.2, 0.25) is 6.29 Å². The fraction of sp³-hybridized carbons (Fsp3) is 0.480. The van der Waals surface area contributed by atoms with Gasteiger partial charge in [0, 0.05) is 32.7 Å². The van der Waals surface area contributed by atoms with Crippen molar-refractivity contribution in [3.8, 4) is 5.75 Å². The summed E-state index contributed by atoms with van der Waals surface area (Å²) in [6.45, 7) is 4.65. The number of fused-ring (bicyclic) bond motifs is 1. The second-order valence-electron chi connectivity index (χ2n) is 8.41. The largest absolute Gasteiger partial charge is 0.464 e. The lowest BCUT2D eigenvalue weighted by molar-refractivity contribution is -0.245. The number of aliphatic hydroxyl groups is 1. The Morgan fingerprint density at radius 2 is 1.79 bits per heavy atom. The van der Waals surface area contributed by atoms with E-state index in [2.05, 4.69) is 5.32 Å². The van der Waals surface area contributed by atoms with E-state index in [1.54, 1.807) is 6.92 Å². The van der Waals surface area contributed by atoms with Gasteiger partial charge in [0.25, 0.3) is 5.91 Å². The number of carbonyl (C=O) groups excluding carboxylic acids is 4. The van der Waals surface area contributed by atoms with Gasteiger partial charge in [-0.3, -0.25) is 19.2 Å². The first-order valence-corrected chi connectivity index (χ1v) is 11.8. The third-order valence-corrected chi connectivity index (χ3v) is 5.52. The van der Waals surface area contributed by atoms with Crippen molar-refractivity contribution in [2.24, 2.45) is 0 Å². The molecule has 13 nitrogen and oxygen atoms in total. The molecule has 1 aliphatic heterocycles. The molecule has 3 rings (SSSR count). The topological polar surface area (TPSA) is 177 Å². The number of benzene rings is 1. The molecule has 0 spiro atoms. The van der Waals surface area contributed by atoms with Gasteiger partial charge in [-0.05, 0) is 25.1 Å². The zero-order valence-corrected chi connectivity index (χ0v) is 21.3. The summed E-state index contributed by atoms with van der Waals surface area (Å²) in [5.41, 5.74) is -0.982. The molecule has 0 radical (unpaired) electrons. The molecule has 1 aliphatic rings. The molecule has 0 aliphatic carbocycles. The zero-order valence-electron chi connectivity index (χ0n) is 21.3. The summed E-state index contributed by atoms with van der Waals surface area (Å²) in [7, 11) is 0. The number of aliphatic hydroxyl groups excluding tert-OH is 1. The second kappa shape index (κ2) is 12.5. The highest BCUT2D eigenvalue weighted by Crippen LogP contribution is 2.33. The number of hydrogen-bond donors (Lipinski definition) is 2. The number of rotatable bonds is 9. The molecule has 38 heavy (non-hydrogen) atoms. The van der Waals surface area contributed by atoms with Crippen LogP contribution in [0.2, 0.25) is 0 Å². The summed E-state index contributed by atoms with van der Waals surface area (Å²) in [6, 6.07) is 4.36. The van der Waals surface area contributed by atoms with Crippen LogP contribution in [0.4, 0.5) is 0 Å². The van der Waals surface area contributed by atoms with Crippen LogP contribution in [0.3, 0.4) is 0 Å². The van der Waals surface area contributed by atoms with E-state index in [0.29, 0.717) is 11.9 Å². The van der Waals surface area contributed by atoms with Crippen LogP contribution in [0.5, 0.6) is 5.75 Å². The van der Waals surface area contributed by atoms with Crippen LogP contribution in [-0.4, -0.2) is 66.7 Å². The summed E-state index contributed by atoms with van der Waals surface area (Å²) >= 11 is 0. The highest BCUT2D eigenvalue weighted by atomic mass is 16.7. The number of hydrogen-bond acceptors (Lipinski definition) is 12. The Hall–Kier alpha value is -3.97. The van der Waals surface area contributed by atoms with Crippen LogP contribution >= 0.6 is 0 Å². The van der Waals surface area contributed by atoms with Gasteiger partial charge >= 0.3 is 23.5 Å². The maximum atomic E-state index is 12.5. The fourth-order valence-corrected chi connectivity index (χ4v) is 4.01. The second-order valence-corrected chi connectivity index (χ2v) is 8.41. The SMILES string of the molecule is CCNC(=O)c1cc2ccc(OC3C[C@@H](OC(C)=O)[C@@H](OC(C)=O)[C@@H](COC(C)=O)O3)c(CO)c2oc1=O. The van der Waals surface area contributed by atoms with E-state index in [1.807, 2.05) is 0 Å². The Kier molecular flexibility index (Phi) is 9.42. The predicted molar refractivity (Wildman–Crippen MR) is 128 cm³/mol. The van der Waals surface area contributed by atoms with Crippen molar-refractivity contribution in [1.29, 1.82) is 0 Å². The molecule has 1 aromatic heterocycles. The monoisotopic (exact) mass is 535 g/mol. The van der Waals surface area contributed by atoms with E-state index in [1.165, 1.54) is 39.0 Å². The Morgan fingerprint density at radius 1 is 1.08 bits per heavy atom. The zero-order chi connectivity index (χ0) is 28.0. The number of esters is 3. The maximum Gasteiger partial charge on any atom is 0.349 e. The van der Waals surface area contributed by atoms with Crippen LogP contribution in [0, 0.1) is 0 Å². The predicted octanol–water partition coefficient (Wildman–Crippen LogP) is 0.955. The van der Waals surface area contributed by atoms with Crippen molar-refractivity contribution < 1.29 is 52.4 Å². The number of ether oxygens (including phenoxy) is 5. The molecule has 0 bridgehead atoms. The van der Waals surface area contributed by atoms with Crippen LogP contribution in [0.15, 0.2) is 27.4 Å². The van der Waals surface area contributed by atoms with Gasteiger partial charge in [-0.15, -0.1) is 0 Å². The summed E-state index contributed by atoms with van der Waals surface area (Å²) in [6.07, 6.45) is -4.35. The quantitative estimate of drug-likeness (QED) is 0.264. The highest BCUT2D eigenvalue weighted by Gasteiger charge is 2.44. The van der Waals surface area contributed by atoms with Gasteiger partial charge in [-0.1, -0.05) is 0 Å². The lowest BCUT2D eigenvalue weighted by atomic mass is 10.0. The number of carbonyl (C=O) groups is 4. The lowest BCUT2D eigenvalue weighted by Crippen LogP contribution is -2.54. The van der Waals surface area contributed by atoms with Crippen molar-refractivity contribution in [2.75, 3.05) is 13.2 Å². The fourth-order valence-electron chi connectivity index (χ4n) is 4.01. The van der Waals surface area contributed by atoms with E-state index in [0.717, 1.165) is 0 Å². The third-order valence-electron chi connectivity index (χ3n) is 5.52. The molecule has 206 valence electrons. The molecule has 2 aromatic rings. The van der Waals surface area contributed by atoms with E-state index >= 15 is 0 Å². The van der Waals surface area contributed by atoms with Crippen molar-refractivity contribution in [3.63, 3.8) is 0 Å². The summed E-state index contributed by atoms with van der Waals surface area (Å²) in [5, 5.41) is 13.0. The van der Waals surface area contributed by atoms with Gasteiger partial charge in [-0.25, -0.2) is 4.79 Å². The lowest BCUT2D eigenvalue weighted by Gasteiger charge is -2.40.